The van der Waals surface area contributed by atoms with Gasteiger partial charge in [-0.3, -0.25) is 10.1 Å². The highest BCUT2D eigenvalue weighted by Gasteiger charge is 2.10. The second kappa shape index (κ2) is 11.6. The first kappa shape index (κ1) is 25.8. The van der Waals surface area contributed by atoms with E-state index >= 15 is 0 Å². The van der Waals surface area contributed by atoms with E-state index in [1.165, 1.54) is 17.7 Å². The van der Waals surface area contributed by atoms with E-state index < -0.39 is 4.92 Å². The van der Waals surface area contributed by atoms with Gasteiger partial charge < -0.3 is 20.1 Å². The Hall–Kier alpha value is -5.26. The molecule has 0 aliphatic heterocycles. The van der Waals surface area contributed by atoms with Crippen LogP contribution in [0.1, 0.15) is 16.7 Å². The summed E-state index contributed by atoms with van der Waals surface area (Å²) >= 11 is 0. The number of benzene rings is 3. The van der Waals surface area contributed by atoms with Crippen molar-refractivity contribution >= 4 is 41.1 Å². The highest BCUT2D eigenvalue weighted by atomic mass is 16.6. The molecule has 1 aromatic heterocycles. The van der Waals surface area contributed by atoms with Crippen molar-refractivity contribution in [3.8, 4) is 11.5 Å². The molecule has 12 heteroatoms. The number of nitro groups is 1. The molecule has 0 aliphatic carbocycles. The number of anilines is 5. The van der Waals surface area contributed by atoms with Crippen LogP contribution in [0.2, 0.25) is 0 Å². The number of ether oxygens (including phenoxy) is 2. The third-order valence-corrected chi connectivity index (χ3v) is 5.52. The molecule has 0 unspecified atom stereocenters. The lowest BCUT2D eigenvalue weighted by Gasteiger charge is -2.11. The van der Waals surface area contributed by atoms with Crippen molar-refractivity contribution in [2.24, 2.45) is 5.10 Å². The smallest absolute Gasteiger partial charge is 0.269 e. The summed E-state index contributed by atoms with van der Waals surface area (Å²) < 4.78 is 10.6. The summed E-state index contributed by atoms with van der Waals surface area (Å²) in [5, 5.41) is 21.4. The molecule has 0 radical (unpaired) electrons. The average molecular weight is 515 g/mol. The van der Waals surface area contributed by atoms with Crippen LogP contribution in [0, 0.1) is 24.0 Å². The number of aromatic nitrogens is 3. The van der Waals surface area contributed by atoms with Crippen molar-refractivity contribution in [3.05, 3.63) is 87.5 Å². The Morgan fingerprint density at radius 1 is 0.789 bits per heavy atom. The zero-order chi connectivity index (χ0) is 27.1. The molecule has 194 valence electrons. The first-order valence-corrected chi connectivity index (χ1v) is 11.5. The van der Waals surface area contributed by atoms with Crippen molar-refractivity contribution in [3.63, 3.8) is 0 Å². The topological polar surface area (TPSA) is 149 Å². The van der Waals surface area contributed by atoms with E-state index in [0.29, 0.717) is 17.2 Å². The predicted octanol–water partition coefficient (Wildman–Crippen LogP) is 5.35. The molecular weight excluding hydrogens is 488 g/mol. The Kier molecular flexibility index (Phi) is 7.92. The minimum absolute atomic E-state index is 0.0184. The van der Waals surface area contributed by atoms with Gasteiger partial charge in [0.2, 0.25) is 17.8 Å². The van der Waals surface area contributed by atoms with Crippen LogP contribution in [0.3, 0.4) is 0 Å². The Bertz CT molecular complexity index is 1480. The predicted molar refractivity (Wildman–Crippen MR) is 146 cm³/mol. The summed E-state index contributed by atoms with van der Waals surface area (Å²) in [4.78, 5) is 23.7. The maximum absolute atomic E-state index is 11.0. The van der Waals surface area contributed by atoms with Gasteiger partial charge in [0.15, 0.2) is 11.5 Å². The molecule has 4 rings (SSSR count). The van der Waals surface area contributed by atoms with Gasteiger partial charge in [0.1, 0.15) is 0 Å². The van der Waals surface area contributed by atoms with Gasteiger partial charge in [0.05, 0.1) is 25.4 Å². The van der Waals surface area contributed by atoms with E-state index in [-0.39, 0.29) is 23.5 Å². The minimum atomic E-state index is -0.462. The number of nitro benzene ring substituents is 1. The molecule has 3 N–H and O–H groups in total. The fourth-order valence-corrected chi connectivity index (χ4v) is 3.38. The zero-order valence-electron chi connectivity index (χ0n) is 21.2. The van der Waals surface area contributed by atoms with E-state index in [2.05, 4.69) is 36.1 Å². The van der Waals surface area contributed by atoms with Crippen LogP contribution in [0.15, 0.2) is 65.8 Å². The zero-order valence-corrected chi connectivity index (χ0v) is 21.2. The largest absolute Gasteiger partial charge is 0.493 e. The molecule has 0 aliphatic rings. The first-order chi connectivity index (χ1) is 18.3. The van der Waals surface area contributed by atoms with Gasteiger partial charge in [-0.1, -0.05) is 6.07 Å². The molecule has 3 aromatic carbocycles. The molecule has 1 heterocycles. The molecule has 0 atom stereocenters. The van der Waals surface area contributed by atoms with Crippen LogP contribution in [0.5, 0.6) is 11.5 Å². The van der Waals surface area contributed by atoms with Gasteiger partial charge in [-0.25, -0.2) is 5.43 Å². The van der Waals surface area contributed by atoms with Gasteiger partial charge in [0.25, 0.3) is 5.69 Å². The highest BCUT2D eigenvalue weighted by Crippen LogP contribution is 2.27. The second-order valence-corrected chi connectivity index (χ2v) is 8.14. The molecule has 0 saturated heterocycles. The molecule has 38 heavy (non-hydrogen) atoms. The van der Waals surface area contributed by atoms with Crippen molar-refractivity contribution in [2.75, 3.05) is 30.3 Å². The Morgan fingerprint density at radius 2 is 1.42 bits per heavy atom. The van der Waals surface area contributed by atoms with Gasteiger partial charge >= 0.3 is 0 Å². The molecule has 0 fully saturated rings. The highest BCUT2D eigenvalue weighted by molar-refractivity contribution is 5.81. The number of methoxy groups -OCH3 is 2. The number of hydrogen-bond acceptors (Lipinski definition) is 11. The number of non-ortho nitro benzene ring substituents is 1. The SMILES string of the molecule is COc1ccc(/C=N/Nc2nc(Nc3ccc([N+](=O)[O-])cc3)nc(Nc3ccc(C)c(C)c3)n2)cc1OC. The van der Waals surface area contributed by atoms with Crippen LogP contribution >= 0.6 is 0 Å². The van der Waals surface area contributed by atoms with Gasteiger partial charge in [0, 0.05) is 23.5 Å². The summed E-state index contributed by atoms with van der Waals surface area (Å²) in [5.41, 5.74) is 7.23. The van der Waals surface area contributed by atoms with Crippen molar-refractivity contribution in [1.82, 2.24) is 15.0 Å². The summed E-state index contributed by atoms with van der Waals surface area (Å²) in [6.07, 6.45) is 1.59. The molecule has 0 bridgehead atoms. The van der Waals surface area contributed by atoms with Gasteiger partial charge in [-0.15, -0.1) is 0 Å². The number of nitrogens with one attached hydrogen (secondary N) is 3. The van der Waals surface area contributed by atoms with Crippen molar-refractivity contribution < 1.29 is 14.4 Å². The van der Waals surface area contributed by atoms with Gasteiger partial charge in [-0.05, 0) is 73.0 Å². The lowest BCUT2D eigenvalue weighted by molar-refractivity contribution is -0.384. The summed E-state index contributed by atoms with van der Waals surface area (Å²) in [6, 6.07) is 17.2. The third kappa shape index (κ3) is 6.49. The molecule has 0 amide bonds. The monoisotopic (exact) mass is 514 g/mol. The molecule has 0 spiro atoms. The van der Waals surface area contributed by atoms with Crippen LogP contribution in [0.4, 0.5) is 34.9 Å². The van der Waals surface area contributed by atoms with E-state index in [0.717, 1.165) is 16.8 Å². The van der Waals surface area contributed by atoms with E-state index in [9.17, 15) is 10.1 Å². The third-order valence-electron chi connectivity index (χ3n) is 5.52. The number of rotatable bonds is 10. The quantitative estimate of drug-likeness (QED) is 0.144. The molecule has 4 aromatic rings. The number of hydrogen-bond donors (Lipinski definition) is 3. The number of nitrogens with zero attached hydrogens (tertiary/aromatic N) is 5. The van der Waals surface area contributed by atoms with Crippen LogP contribution in [0.25, 0.3) is 0 Å². The molecule has 12 nitrogen and oxygen atoms in total. The average Bonchev–Trinajstić information content (AvgIpc) is 2.91. The Morgan fingerprint density at radius 3 is 2.05 bits per heavy atom. The Labute approximate surface area is 218 Å². The molecule has 0 saturated carbocycles. The standard InChI is InChI=1S/C26H26N8O4/c1-16-5-7-20(13-17(16)2)29-25-30-24(28-19-8-10-21(11-9-19)34(35)36)31-26(32-25)33-27-15-18-6-12-22(37-3)23(14-18)38-4/h5-15H,1-4H3,(H3,28,29,30,31,32,33)/b27-15+. The van der Waals surface area contributed by atoms with Crippen LogP contribution in [-0.4, -0.2) is 40.3 Å². The summed E-state index contributed by atoms with van der Waals surface area (Å²) in [6.45, 7) is 4.05. The first-order valence-electron chi connectivity index (χ1n) is 11.5. The number of hydrazone groups is 1. The number of aryl methyl sites for hydroxylation is 2. The van der Waals surface area contributed by atoms with Crippen molar-refractivity contribution in [2.45, 2.75) is 13.8 Å². The lowest BCUT2D eigenvalue weighted by atomic mass is 10.1. The minimum Gasteiger partial charge on any atom is -0.493 e. The van der Waals surface area contributed by atoms with Crippen LogP contribution < -0.4 is 25.5 Å². The lowest BCUT2D eigenvalue weighted by Crippen LogP contribution is -2.07. The maximum Gasteiger partial charge on any atom is 0.269 e. The summed E-state index contributed by atoms with van der Waals surface area (Å²) in [5.74, 6) is 1.85. The van der Waals surface area contributed by atoms with Crippen molar-refractivity contribution in [1.29, 1.82) is 0 Å². The fraction of sp³-hybridized carbons (Fsp3) is 0.154. The Balaban J connectivity index is 1.59. The van der Waals surface area contributed by atoms with E-state index in [1.54, 1.807) is 44.7 Å². The normalized spacial score (nSPS) is 10.7. The van der Waals surface area contributed by atoms with E-state index in [1.807, 2.05) is 38.1 Å². The fourth-order valence-electron chi connectivity index (χ4n) is 3.38. The van der Waals surface area contributed by atoms with E-state index in [4.69, 9.17) is 9.47 Å². The summed E-state index contributed by atoms with van der Waals surface area (Å²) in [7, 11) is 3.13. The van der Waals surface area contributed by atoms with Crippen LogP contribution in [-0.2, 0) is 0 Å². The molecular formula is C26H26N8O4. The van der Waals surface area contributed by atoms with Gasteiger partial charge in [-0.2, -0.15) is 20.1 Å². The maximum atomic E-state index is 11.0. The second-order valence-electron chi connectivity index (χ2n) is 8.14.